The summed E-state index contributed by atoms with van der Waals surface area (Å²) in [6.07, 6.45) is 0.953. The number of hydrogen-bond donors (Lipinski definition) is 2. The van der Waals surface area contributed by atoms with Crippen LogP contribution >= 0.6 is 0 Å². The summed E-state index contributed by atoms with van der Waals surface area (Å²) >= 11 is 0. The Bertz CT molecular complexity index is 851. The molecular formula is C18H24N6O. The second kappa shape index (κ2) is 6.58. The summed E-state index contributed by atoms with van der Waals surface area (Å²) in [5.41, 5.74) is 3.77. The first-order valence-electron chi connectivity index (χ1n) is 8.37. The molecule has 0 saturated carbocycles. The van der Waals surface area contributed by atoms with Gasteiger partial charge in [-0.05, 0) is 33.3 Å². The topological polar surface area (TPSA) is 76.4 Å². The number of rotatable bonds is 4. The molecule has 3 heterocycles. The Labute approximate surface area is 147 Å². The summed E-state index contributed by atoms with van der Waals surface area (Å²) in [5.74, 6) is 2.80. The normalized spacial score (nSPS) is 16.2. The molecule has 2 aromatic rings. The van der Waals surface area contributed by atoms with Crippen molar-refractivity contribution in [2.45, 2.75) is 40.2 Å². The number of hydrogen-bond acceptors (Lipinski definition) is 5. The summed E-state index contributed by atoms with van der Waals surface area (Å²) in [7, 11) is 1.61. The number of ether oxygens (including phenoxy) is 1. The lowest BCUT2D eigenvalue weighted by molar-refractivity contribution is 0.397. The van der Waals surface area contributed by atoms with Crippen LogP contribution in [0.2, 0.25) is 0 Å². The SMILES string of the molecule is C=C1NC(=NC(C)CC)n2nc(C)c(-c3ccc(OC)nc3C)c2N1. The summed E-state index contributed by atoms with van der Waals surface area (Å²) in [4.78, 5) is 9.20. The van der Waals surface area contributed by atoms with Crippen LogP contribution in [-0.2, 0) is 0 Å². The van der Waals surface area contributed by atoms with Gasteiger partial charge in [0.2, 0.25) is 11.8 Å². The van der Waals surface area contributed by atoms with Crippen molar-refractivity contribution in [2.75, 3.05) is 12.4 Å². The van der Waals surface area contributed by atoms with E-state index in [2.05, 4.69) is 41.1 Å². The van der Waals surface area contributed by atoms with Crippen LogP contribution in [-0.4, -0.2) is 33.9 Å². The van der Waals surface area contributed by atoms with Gasteiger partial charge in [-0.2, -0.15) is 9.78 Å². The van der Waals surface area contributed by atoms with Gasteiger partial charge in [0.25, 0.3) is 0 Å². The molecule has 1 aliphatic rings. The van der Waals surface area contributed by atoms with E-state index in [4.69, 9.17) is 9.73 Å². The van der Waals surface area contributed by atoms with Crippen molar-refractivity contribution in [3.8, 4) is 17.0 Å². The lowest BCUT2D eigenvalue weighted by Crippen LogP contribution is -2.39. The lowest BCUT2D eigenvalue weighted by atomic mass is 10.0. The van der Waals surface area contributed by atoms with Crippen LogP contribution in [0.5, 0.6) is 5.88 Å². The Hall–Kier alpha value is -2.83. The third kappa shape index (κ3) is 3.09. The van der Waals surface area contributed by atoms with Crippen LogP contribution in [0.25, 0.3) is 11.1 Å². The van der Waals surface area contributed by atoms with Gasteiger partial charge in [0.1, 0.15) is 11.6 Å². The van der Waals surface area contributed by atoms with Gasteiger partial charge in [-0.25, -0.2) is 9.98 Å². The molecule has 7 nitrogen and oxygen atoms in total. The molecule has 25 heavy (non-hydrogen) atoms. The molecule has 0 fully saturated rings. The zero-order valence-electron chi connectivity index (χ0n) is 15.3. The number of nitrogens with one attached hydrogen (secondary N) is 2. The van der Waals surface area contributed by atoms with Gasteiger partial charge >= 0.3 is 0 Å². The van der Waals surface area contributed by atoms with Gasteiger partial charge in [0.05, 0.1) is 18.8 Å². The first-order valence-corrected chi connectivity index (χ1v) is 8.37. The third-order valence-electron chi connectivity index (χ3n) is 4.27. The fourth-order valence-electron chi connectivity index (χ4n) is 2.78. The van der Waals surface area contributed by atoms with Crippen molar-refractivity contribution in [1.82, 2.24) is 20.1 Å². The van der Waals surface area contributed by atoms with Crippen LogP contribution in [0.3, 0.4) is 0 Å². The van der Waals surface area contributed by atoms with Crippen molar-refractivity contribution >= 4 is 11.8 Å². The molecule has 2 N–H and O–H groups in total. The maximum atomic E-state index is 5.21. The summed E-state index contributed by atoms with van der Waals surface area (Å²) < 4.78 is 7.01. The van der Waals surface area contributed by atoms with E-state index in [9.17, 15) is 0 Å². The summed E-state index contributed by atoms with van der Waals surface area (Å²) in [6.45, 7) is 12.1. The molecule has 1 aliphatic heterocycles. The molecule has 0 bridgehead atoms. The number of anilines is 1. The minimum Gasteiger partial charge on any atom is -0.481 e. The van der Waals surface area contributed by atoms with E-state index in [1.807, 2.05) is 26.0 Å². The van der Waals surface area contributed by atoms with E-state index in [1.54, 1.807) is 11.8 Å². The van der Waals surface area contributed by atoms with Crippen molar-refractivity contribution in [2.24, 2.45) is 4.99 Å². The fourth-order valence-corrected chi connectivity index (χ4v) is 2.78. The molecule has 1 unspecified atom stereocenters. The number of pyridine rings is 1. The Morgan fingerprint density at radius 2 is 2.04 bits per heavy atom. The molecule has 0 aromatic carbocycles. The molecule has 0 radical (unpaired) electrons. The van der Waals surface area contributed by atoms with Gasteiger partial charge in [0, 0.05) is 22.9 Å². The van der Waals surface area contributed by atoms with Crippen molar-refractivity contribution in [1.29, 1.82) is 0 Å². The Morgan fingerprint density at radius 1 is 1.28 bits per heavy atom. The molecule has 7 heteroatoms. The van der Waals surface area contributed by atoms with Crippen LogP contribution in [0.15, 0.2) is 29.5 Å². The molecule has 1 atom stereocenters. The Morgan fingerprint density at radius 3 is 2.68 bits per heavy atom. The monoisotopic (exact) mass is 340 g/mol. The highest BCUT2D eigenvalue weighted by Gasteiger charge is 2.26. The van der Waals surface area contributed by atoms with Crippen LogP contribution < -0.4 is 15.4 Å². The summed E-state index contributed by atoms with van der Waals surface area (Å²) in [6, 6.07) is 4.05. The number of nitrogens with zero attached hydrogens (tertiary/aromatic N) is 4. The number of aliphatic imine (C=N–C) groups is 1. The smallest absolute Gasteiger partial charge is 0.227 e. The van der Waals surface area contributed by atoms with E-state index in [1.165, 1.54) is 0 Å². The molecule has 0 saturated heterocycles. The molecule has 2 aromatic heterocycles. The zero-order valence-corrected chi connectivity index (χ0v) is 15.3. The van der Waals surface area contributed by atoms with E-state index in [-0.39, 0.29) is 6.04 Å². The second-order valence-electron chi connectivity index (χ2n) is 6.15. The maximum Gasteiger partial charge on any atom is 0.227 e. The Balaban J connectivity index is 2.16. The average molecular weight is 340 g/mol. The largest absolute Gasteiger partial charge is 0.481 e. The van der Waals surface area contributed by atoms with Gasteiger partial charge < -0.3 is 15.4 Å². The minimum absolute atomic E-state index is 0.193. The van der Waals surface area contributed by atoms with Crippen LogP contribution in [0.1, 0.15) is 31.7 Å². The van der Waals surface area contributed by atoms with Crippen molar-refractivity contribution in [3.05, 3.63) is 35.9 Å². The number of aromatic nitrogens is 3. The van der Waals surface area contributed by atoms with Crippen molar-refractivity contribution in [3.63, 3.8) is 0 Å². The average Bonchev–Trinajstić information content (AvgIpc) is 2.90. The predicted molar refractivity (Wildman–Crippen MR) is 100.0 cm³/mol. The minimum atomic E-state index is 0.193. The number of methoxy groups -OCH3 is 1. The number of aryl methyl sites for hydroxylation is 2. The van der Waals surface area contributed by atoms with E-state index in [0.29, 0.717) is 17.7 Å². The third-order valence-corrected chi connectivity index (χ3v) is 4.27. The highest BCUT2D eigenvalue weighted by atomic mass is 16.5. The molecule has 0 spiro atoms. The van der Waals surface area contributed by atoms with Crippen LogP contribution in [0, 0.1) is 13.8 Å². The lowest BCUT2D eigenvalue weighted by Gasteiger charge is -2.23. The zero-order chi connectivity index (χ0) is 18.1. The molecular weight excluding hydrogens is 316 g/mol. The highest BCUT2D eigenvalue weighted by Crippen LogP contribution is 2.35. The predicted octanol–water partition coefficient (Wildman–Crippen LogP) is 3.06. The standard InChI is InChI=1S/C18H24N6O/c1-7-10(2)19-18-22-13(5)21-17-16(12(4)23-24(17)18)14-8-9-15(25-6)20-11(14)3/h8-10,21H,5,7H2,1-4,6H3,(H,19,22). The van der Waals surface area contributed by atoms with Gasteiger partial charge in [-0.3, -0.25) is 0 Å². The fraction of sp³-hybridized carbons (Fsp3) is 0.389. The van der Waals surface area contributed by atoms with E-state index in [0.717, 1.165) is 34.8 Å². The van der Waals surface area contributed by atoms with Gasteiger partial charge in [0.15, 0.2) is 0 Å². The van der Waals surface area contributed by atoms with Gasteiger partial charge in [-0.1, -0.05) is 13.5 Å². The molecule has 0 amide bonds. The highest BCUT2D eigenvalue weighted by molar-refractivity contribution is 5.94. The van der Waals surface area contributed by atoms with Gasteiger partial charge in [-0.15, -0.1) is 0 Å². The number of fused-ring (bicyclic) bond motifs is 1. The maximum absolute atomic E-state index is 5.21. The Kier molecular flexibility index (Phi) is 4.48. The second-order valence-corrected chi connectivity index (χ2v) is 6.15. The molecule has 132 valence electrons. The summed E-state index contributed by atoms with van der Waals surface area (Å²) in [5, 5.41) is 11.1. The van der Waals surface area contributed by atoms with Crippen molar-refractivity contribution < 1.29 is 4.74 Å². The quantitative estimate of drug-likeness (QED) is 0.894. The first-order chi connectivity index (χ1) is 11.9. The van der Waals surface area contributed by atoms with Crippen LogP contribution in [0.4, 0.5) is 5.82 Å². The molecule has 3 rings (SSSR count). The molecule has 0 aliphatic carbocycles. The van der Waals surface area contributed by atoms with E-state index >= 15 is 0 Å². The van der Waals surface area contributed by atoms with E-state index < -0.39 is 0 Å². The first kappa shape index (κ1) is 17.0.